The average Bonchev–Trinajstić information content (AvgIpc) is 3.19. The fourth-order valence-corrected chi connectivity index (χ4v) is 2.79. The van der Waals surface area contributed by atoms with Gasteiger partial charge in [-0.1, -0.05) is 17.7 Å². The number of aryl methyl sites for hydroxylation is 1. The summed E-state index contributed by atoms with van der Waals surface area (Å²) in [6.07, 6.45) is 1.54. The Morgan fingerprint density at radius 3 is 2.37 bits per heavy atom. The highest BCUT2D eigenvalue weighted by molar-refractivity contribution is 5.76. The van der Waals surface area contributed by atoms with Gasteiger partial charge in [-0.2, -0.15) is 0 Å². The van der Waals surface area contributed by atoms with E-state index in [1.165, 1.54) is 21.7 Å². The maximum Gasteiger partial charge on any atom is 0.270 e. The Bertz CT molecular complexity index is 1050. The first-order valence-corrected chi connectivity index (χ1v) is 8.58. The maximum atomic E-state index is 12.8. The van der Waals surface area contributed by atoms with Gasteiger partial charge in [0.25, 0.3) is 11.1 Å². The predicted octanol–water partition coefficient (Wildman–Crippen LogP) is 2.12. The number of carbonyl (C=O) groups excluding carboxylic acids is 1. The number of likely N-dealkylation sites (N-methyl/N-ethyl adjacent to an activating group) is 1. The van der Waals surface area contributed by atoms with E-state index in [2.05, 4.69) is 0 Å². The van der Waals surface area contributed by atoms with Crippen molar-refractivity contribution >= 4 is 5.91 Å². The largest absolute Gasteiger partial charge is 0.467 e. The molecular weight excluding hydrogens is 346 g/mol. The lowest BCUT2D eigenvalue weighted by atomic mass is 10.2. The van der Waals surface area contributed by atoms with Crippen LogP contribution in [0, 0.1) is 6.92 Å². The molecule has 3 aromatic rings. The molecule has 7 nitrogen and oxygen atoms in total. The molecular formula is C20H21N3O4. The molecule has 1 unspecified atom stereocenters. The van der Waals surface area contributed by atoms with E-state index in [0.717, 1.165) is 10.2 Å². The standard InChI is InChI=1S/C20H21N3O4/c1-14-6-8-16(9-7-14)23-19(25)11-10-18(24)22(23)13-20(26)21(3)15(2)17-5-4-12-27-17/h4-12,15H,13H2,1-3H3. The molecule has 1 amide bonds. The molecule has 140 valence electrons. The van der Waals surface area contributed by atoms with Crippen LogP contribution in [0.1, 0.15) is 24.3 Å². The zero-order chi connectivity index (χ0) is 19.6. The predicted molar refractivity (Wildman–Crippen MR) is 101 cm³/mol. The minimum atomic E-state index is -0.428. The summed E-state index contributed by atoms with van der Waals surface area (Å²) in [4.78, 5) is 39.1. The lowest BCUT2D eigenvalue weighted by Gasteiger charge is -2.24. The van der Waals surface area contributed by atoms with E-state index in [1.807, 2.05) is 26.0 Å². The summed E-state index contributed by atoms with van der Waals surface area (Å²) in [6.45, 7) is 3.50. The summed E-state index contributed by atoms with van der Waals surface area (Å²) in [7, 11) is 1.64. The zero-order valence-electron chi connectivity index (χ0n) is 15.5. The van der Waals surface area contributed by atoms with Crippen molar-refractivity contribution < 1.29 is 9.21 Å². The SMILES string of the molecule is Cc1ccc(-n2c(=O)ccc(=O)n2CC(=O)N(C)C(C)c2ccco2)cc1. The van der Waals surface area contributed by atoms with Crippen molar-refractivity contribution in [3.8, 4) is 5.69 Å². The average molecular weight is 367 g/mol. The van der Waals surface area contributed by atoms with Gasteiger partial charge in [0.2, 0.25) is 5.91 Å². The van der Waals surface area contributed by atoms with Crippen molar-refractivity contribution in [1.29, 1.82) is 0 Å². The molecule has 0 aliphatic heterocycles. The first kappa shape index (κ1) is 18.4. The second-order valence-electron chi connectivity index (χ2n) is 6.41. The van der Waals surface area contributed by atoms with Crippen LogP contribution in [0.15, 0.2) is 68.8 Å². The molecule has 0 aliphatic rings. The van der Waals surface area contributed by atoms with Gasteiger partial charge in [-0.25, -0.2) is 9.36 Å². The Balaban J connectivity index is 1.96. The Labute approximate surface area is 156 Å². The molecule has 0 aliphatic carbocycles. The molecule has 27 heavy (non-hydrogen) atoms. The van der Waals surface area contributed by atoms with E-state index in [9.17, 15) is 14.4 Å². The summed E-state index contributed by atoms with van der Waals surface area (Å²) < 4.78 is 7.73. The minimum Gasteiger partial charge on any atom is -0.467 e. The Morgan fingerprint density at radius 2 is 1.74 bits per heavy atom. The highest BCUT2D eigenvalue weighted by Crippen LogP contribution is 2.19. The van der Waals surface area contributed by atoms with E-state index in [-0.39, 0.29) is 24.1 Å². The van der Waals surface area contributed by atoms with Gasteiger partial charge in [0, 0.05) is 19.2 Å². The molecule has 0 N–H and O–H groups in total. The third kappa shape index (κ3) is 3.76. The van der Waals surface area contributed by atoms with E-state index in [0.29, 0.717) is 11.4 Å². The van der Waals surface area contributed by atoms with Gasteiger partial charge in [0.15, 0.2) is 0 Å². The quantitative estimate of drug-likeness (QED) is 0.692. The molecule has 0 radical (unpaired) electrons. The lowest BCUT2D eigenvalue weighted by molar-refractivity contribution is -0.133. The number of rotatable bonds is 5. The second kappa shape index (κ2) is 7.49. The van der Waals surface area contributed by atoms with Crippen molar-refractivity contribution in [3.05, 3.63) is 86.8 Å². The summed E-state index contributed by atoms with van der Waals surface area (Å²) in [5.41, 5.74) is 0.744. The Kier molecular flexibility index (Phi) is 5.12. The molecule has 0 saturated carbocycles. The number of nitrogens with zero attached hydrogens (tertiary/aromatic N) is 3. The van der Waals surface area contributed by atoms with Gasteiger partial charge in [-0.15, -0.1) is 0 Å². The van der Waals surface area contributed by atoms with Crippen LogP contribution in [-0.2, 0) is 11.3 Å². The number of aromatic nitrogens is 2. The molecule has 0 fully saturated rings. The molecule has 3 rings (SSSR count). The fourth-order valence-electron chi connectivity index (χ4n) is 2.79. The van der Waals surface area contributed by atoms with Crippen LogP contribution in [-0.4, -0.2) is 27.2 Å². The number of carbonyl (C=O) groups is 1. The number of benzene rings is 1. The zero-order valence-corrected chi connectivity index (χ0v) is 15.5. The van der Waals surface area contributed by atoms with E-state index in [1.54, 1.807) is 37.6 Å². The highest BCUT2D eigenvalue weighted by atomic mass is 16.3. The fraction of sp³-hybridized carbons (Fsp3) is 0.250. The van der Waals surface area contributed by atoms with Crippen molar-refractivity contribution in [2.75, 3.05) is 7.05 Å². The van der Waals surface area contributed by atoms with Gasteiger partial charge in [-0.05, 0) is 38.1 Å². The molecule has 1 aromatic carbocycles. The van der Waals surface area contributed by atoms with Gasteiger partial charge in [0.05, 0.1) is 18.0 Å². The third-order valence-corrected chi connectivity index (χ3v) is 4.57. The molecule has 2 heterocycles. The number of furan rings is 1. The van der Waals surface area contributed by atoms with Crippen LogP contribution >= 0.6 is 0 Å². The highest BCUT2D eigenvalue weighted by Gasteiger charge is 2.21. The van der Waals surface area contributed by atoms with E-state index >= 15 is 0 Å². The van der Waals surface area contributed by atoms with Crippen molar-refractivity contribution in [2.45, 2.75) is 26.4 Å². The van der Waals surface area contributed by atoms with E-state index in [4.69, 9.17) is 4.42 Å². The molecule has 2 aromatic heterocycles. The summed E-state index contributed by atoms with van der Waals surface area (Å²) in [6, 6.07) is 12.8. The maximum absolute atomic E-state index is 12.8. The summed E-state index contributed by atoms with van der Waals surface area (Å²) in [5, 5.41) is 0. The van der Waals surface area contributed by atoms with Crippen LogP contribution in [0.4, 0.5) is 0 Å². The minimum absolute atomic E-state index is 0.260. The van der Waals surface area contributed by atoms with Gasteiger partial charge in [0.1, 0.15) is 12.3 Å². The molecule has 1 atom stereocenters. The van der Waals surface area contributed by atoms with E-state index < -0.39 is 5.56 Å². The van der Waals surface area contributed by atoms with Gasteiger partial charge < -0.3 is 9.32 Å². The third-order valence-electron chi connectivity index (χ3n) is 4.57. The van der Waals surface area contributed by atoms with Gasteiger partial charge >= 0.3 is 0 Å². The van der Waals surface area contributed by atoms with Crippen LogP contribution in [0.3, 0.4) is 0 Å². The molecule has 0 spiro atoms. The Hall–Kier alpha value is -3.35. The number of hydrogen-bond donors (Lipinski definition) is 0. The first-order valence-electron chi connectivity index (χ1n) is 8.58. The normalized spacial score (nSPS) is 12.0. The monoisotopic (exact) mass is 367 g/mol. The second-order valence-corrected chi connectivity index (χ2v) is 6.41. The van der Waals surface area contributed by atoms with Crippen LogP contribution < -0.4 is 11.1 Å². The van der Waals surface area contributed by atoms with Crippen molar-refractivity contribution in [3.63, 3.8) is 0 Å². The van der Waals surface area contributed by atoms with Crippen LogP contribution in [0.2, 0.25) is 0 Å². The summed E-state index contributed by atoms with van der Waals surface area (Å²) >= 11 is 0. The number of hydrogen-bond acceptors (Lipinski definition) is 4. The van der Waals surface area contributed by atoms with Crippen molar-refractivity contribution in [2.24, 2.45) is 0 Å². The molecule has 0 bridgehead atoms. The summed E-state index contributed by atoms with van der Waals surface area (Å²) in [5.74, 6) is 0.328. The molecule has 0 saturated heterocycles. The first-order chi connectivity index (χ1) is 12.9. The van der Waals surface area contributed by atoms with Gasteiger partial charge in [-0.3, -0.25) is 14.4 Å². The smallest absolute Gasteiger partial charge is 0.270 e. The van der Waals surface area contributed by atoms with Crippen LogP contribution in [0.5, 0.6) is 0 Å². The lowest BCUT2D eigenvalue weighted by Crippen LogP contribution is -2.42. The number of amides is 1. The van der Waals surface area contributed by atoms with Crippen LogP contribution in [0.25, 0.3) is 5.69 Å². The van der Waals surface area contributed by atoms with Crippen molar-refractivity contribution in [1.82, 2.24) is 14.3 Å². The molecule has 7 heteroatoms. The topological polar surface area (TPSA) is 77.5 Å². The Morgan fingerprint density at radius 1 is 1.07 bits per heavy atom.